The number of thioether (sulfide) groups is 1. The fourth-order valence-electron chi connectivity index (χ4n) is 0.330. The summed E-state index contributed by atoms with van der Waals surface area (Å²) in [6.07, 6.45) is 0. The van der Waals surface area contributed by atoms with Crippen LogP contribution < -0.4 is 0 Å². The first kappa shape index (κ1) is 6.66. The van der Waals surface area contributed by atoms with Crippen LogP contribution in [0.4, 0.5) is 0 Å². The monoisotopic (exact) mass is 330 g/mol. The van der Waals surface area contributed by atoms with E-state index >= 15 is 0 Å². The van der Waals surface area contributed by atoms with Gasteiger partial charge in [0, 0.05) is 0 Å². The summed E-state index contributed by atoms with van der Waals surface area (Å²) >= 11 is 4.69. The third-order valence-electron chi connectivity index (χ3n) is 0.787. The molecule has 1 fully saturated rings. The molecule has 0 aromatic carbocycles. The van der Waals surface area contributed by atoms with Crippen LogP contribution in [0.2, 0.25) is 0 Å². The maximum absolute atomic E-state index is 4.96. The Hall–Kier alpha value is 1.54. The Bertz CT molecular complexity index is 56.9. The third kappa shape index (κ3) is 2.09. The van der Waals surface area contributed by atoms with Crippen LogP contribution in [0.25, 0.3) is 0 Å². The zero-order chi connectivity index (χ0) is 5.11. The van der Waals surface area contributed by atoms with Crippen molar-refractivity contribution in [1.82, 2.24) is 0 Å². The van der Waals surface area contributed by atoms with Gasteiger partial charge < -0.3 is 0 Å². The molecule has 1 aliphatic heterocycles. The SMILES string of the molecule is [Bi][O]SC1CSC1. The van der Waals surface area contributed by atoms with Gasteiger partial charge in [0.25, 0.3) is 0 Å². The summed E-state index contributed by atoms with van der Waals surface area (Å²) in [4.78, 5) is 0. The van der Waals surface area contributed by atoms with E-state index in [1.54, 1.807) is 12.0 Å². The predicted molar refractivity (Wildman–Crippen MR) is 35.5 cm³/mol. The van der Waals surface area contributed by atoms with Crippen molar-refractivity contribution < 1.29 is 2.26 Å². The average molecular weight is 330 g/mol. The van der Waals surface area contributed by atoms with Crippen LogP contribution in [-0.4, -0.2) is 41.9 Å². The fraction of sp³-hybridized carbons (Fsp3) is 1.00. The van der Waals surface area contributed by atoms with Gasteiger partial charge in [0.2, 0.25) is 0 Å². The fourth-order valence-corrected chi connectivity index (χ4v) is 3.32. The van der Waals surface area contributed by atoms with Crippen LogP contribution in [0, 0.1) is 0 Å². The van der Waals surface area contributed by atoms with Gasteiger partial charge in [0.15, 0.2) is 0 Å². The first-order valence-electron chi connectivity index (χ1n) is 1.98. The summed E-state index contributed by atoms with van der Waals surface area (Å²) in [5.74, 6) is 2.59. The Balaban J connectivity index is 1.93. The first-order valence-corrected chi connectivity index (χ1v) is 5.36. The van der Waals surface area contributed by atoms with Gasteiger partial charge in [-0.15, -0.1) is 0 Å². The van der Waals surface area contributed by atoms with E-state index in [4.69, 9.17) is 2.26 Å². The molecule has 0 atom stereocenters. The van der Waals surface area contributed by atoms with Crippen molar-refractivity contribution in [2.75, 3.05) is 11.5 Å². The van der Waals surface area contributed by atoms with Crippen LogP contribution in [0.5, 0.6) is 0 Å². The van der Waals surface area contributed by atoms with Crippen molar-refractivity contribution in [3.05, 3.63) is 0 Å². The van der Waals surface area contributed by atoms with Crippen LogP contribution in [0.1, 0.15) is 0 Å². The van der Waals surface area contributed by atoms with Crippen molar-refractivity contribution in [3.8, 4) is 0 Å². The number of hydrogen-bond acceptors (Lipinski definition) is 3. The second-order valence-electron chi connectivity index (χ2n) is 1.33. The standard InChI is InChI=1S/C3H6OS2.Bi/c4-6-3-1-5-2-3;/h3-4H,1-2H2;/q;+1/p-1. The second kappa shape index (κ2) is 3.55. The van der Waals surface area contributed by atoms with Crippen molar-refractivity contribution in [1.29, 1.82) is 0 Å². The van der Waals surface area contributed by atoms with Gasteiger partial charge in [0.05, 0.1) is 0 Å². The van der Waals surface area contributed by atoms with E-state index in [1.807, 2.05) is 11.8 Å². The molecule has 40 valence electrons. The molecule has 0 aliphatic carbocycles. The van der Waals surface area contributed by atoms with Crippen LogP contribution in [0.15, 0.2) is 0 Å². The second-order valence-corrected chi connectivity index (χ2v) is 5.15. The molecule has 0 aromatic rings. The molecule has 0 N–H and O–H groups in total. The summed E-state index contributed by atoms with van der Waals surface area (Å²) < 4.78 is 4.96. The van der Waals surface area contributed by atoms with Gasteiger partial charge in [-0.05, 0) is 0 Å². The van der Waals surface area contributed by atoms with E-state index < -0.39 is 0 Å². The molecule has 0 saturated carbocycles. The molecule has 0 aromatic heterocycles. The summed E-state index contributed by atoms with van der Waals surface area (Å²) in [6, 6.07) is 0. The summed E-state index contributed by atoms with van der Waals surface area (Å²) in [6.45, 7) is 0. The molecule has 0 amide bonds. The van der Waals surface area contributed by atoms with E-state index in [-0.39, 0.29) is 0 Å². The molecule has 1 aliphatic rings. The number of rotatable bonds is 2. The van der Waals surface area contributed by atoms with Crippen molar-refractivity contribution in [2.24, 2.45) is 0 Å². The topological polar surface area (TPSA) is 9.23 Å². The molecule has 2 radical (unpaired) electrons. The molecule has 0 bridgehead atoms. The maximum atomic E-state index is 4.96. The van der Waals surface area contributed by atoms with Crippen molar-refractivity contribution in [3.63, 3.8) is 0 Å². The summed E-state index contributed by atoms with van der Waals surface area (Å²) in [5, 5.41) is 0.815. The van der Waals surface area contributed by atoms with Gasteiger partial charge in [-0.25, -0.2) is 0 Å². The molecule has 0 unspecified atom stereocenters. The quantitative estimate of drug-likeness (QED) is 0.549. The van der Waals surface area contributed by atoms with Crippen molar-refractivity contribution in [2.45, 2.75) is 5.25 Å². The van der Waals surface area contributed by atoms with Gasteiger partial charge in [-0.3, -0.25) is 0 Å². The summed E-state index contributed by atoms with van der Waals surface area (Å²) in [7, 11) is 0. The van der Waals surface area contributed by atoms with E-state index in [0.29, 0.717) is 0 Å². The Morgan fingerprint density at radius 3 is 2.57 bits per heavy atom. The molecular weight excluding hydrogens is 325 g/mol. The zero-order valence-electron chi connectivity index (χ0n) is 3.66. The molecule has 4 heteroatoms. The van der Waals surface area contributed by atoms with E-state index in [2.05, 4.69) is 0 Å². The van der Waals surface area contributed by atoms with Gasteiger partial charge in [-0.1, -0.05) is 0 Å². The molecule has 7 heavy (non-hydrogen) atoms. The summed E-state index contributed by atoms with van der Waals surface area (Å²) in [5.41, 5.74) is 0. The minimum absolute atomic E-state index is 0.815. The Morgan fingerprint density at radius 1 is 1.71 bits per heavy atom. The van der Waals surface area contributed by atoms with Gasteiger partial charge >= 0.3 is 68.0 Å². The van der Waals surface area contributed by atoms with E-state index in [0.717, 1.165) is 30.4 Å². The Morgan fingerprint density at radius 2 is 2.43 bits per heavy atom. The third-order valence-corrected chi connectivity index (χ3v) is 4.18. The number of hydrogen-bond donors (Lipinski definition) is 0. The molecular formula is C3H5BiOS2. The van der Waals surface area contributed by atoms with Gasteiger partial charge in [-0.2, -0.15) is 0 Å². The predicted octanol–water partition coefficient (Wildman–Crippen LogP) is 0.850. The Labute approximate surface area is 67.6 Å². The zero-order valence-corrected chi connectivity index (χ0v) is 8.77. The normalized spacial score (nSPS) is 21.9. The van der Waals surface area contributed by atoms with Crippen molar-refractivity contribution >= 4 is 49.0 Å². The molecule has 1 heterocycles. The first-order chi connectivity index (χ1) is 3.43. The van der Waals surface area contributed by atoms with Crippen LogP contribution in [0.3, 0.4) is 0 Å². The van der Waals surface area contributed by atoms with Gasteiger partial charge in [0.1, 0.15) is 0 Å². The van der Waals surface area contributed by atoms with E-state index in [1.165, 1.54) is 11.5 Å². The average Bonchev–Trinajstić information content (AvgIpc) is 1.55. The molecule has 0 spiro atoms. The molecule has 1 saturated heterocycles. The minimum atomic E-state index is 0.815. The molecule has 1 rings (SSSR count). The van der Waals surface area contributed by atoms with E-state index in [9.17, 15) is 0 Å². The molecule has 1 nitrogen and oxygen atoms in total. The van der Waals surface area contributed by atoms with Crippen LogP contribution in [-0.2, 0) is 2.26 Å². The van der Waals surface area contributed by atoms with Crippen LogP contribution >= 0.6 is 23.8 Å². The Kier molecular flexibility index (Phi) is 3.37.